The van der Waals surface area contributed by atoms with Crippen molar-refractivity contribution in [3.8, 4) is 0 Å². The predicted octanol–water partition coefficient (Wildman–Crippen LogP) is 1.60. The van der Waals surface area contributed by atoms with Gasteiger partial charge in [-0.15, -0.1) is 0 Å². The largest absolute Gasteiger partial charge is 0.388 e. The van der Waals surface area contributed by atoms with Crippen molar-refractivity contribution in [2.24, 2.45) is 5.92 Å². The van der Waals surface area contributed by atoms with Gasteiger partial charge in [0.05, 0.1) is 5.60 Å². The number of amides is 2. The Balaban J connectivity index is 2.61. The lowest BCUT2D eigenvalue weighted by Crippen LogP contribution is -2.47. The standard InChI is InChI=1S/C15H21FN2O3/c1-9(2)15(4,21)8-17-13(19)14(20)18-12-6-5-11(16)7-10(12)3/h5-7,9,21H,8H2,1-4H3,(H,17,19)(H,18,20). The van der Waals surface area contributed by atoms with Gasteiger partial charge in [-0.25, -0.2) is 4.39 Å². The molecule has 3 N–H and O–H groups in total. The summed E-state index contributed by atoms with van der Waals surface area (Å²) < 4.78 is 13.0. The van der Waals surface area contributed by atoms with Crippen molar-refractivity contribution in [3.63, 3.8) is 0 Å². The maximum absolute atomic E-state index is 13.0. The second kappa shape index (κ2) is 6.67. The molecule has 0 bridgehead atoms. The summed E-state index contributed by atoms with van der Waals surface area (Å²) in [6.07, 6.45) is 0. The third-order valence-corrected chi connectivity index (χ3v) is 3.49. The van der Waals surface area contributed by atoms with Crippen LogP contribution in [0.2, 0.25) is 0 Å². The average molecular weight is 296 g/mol. The van der Waals surface area contributed by atoms with Crippen LogP contribution >= 0.6 is 0 Å². The van der Waals surface area contributed by atoms with Gasteiger partial charge in [-0.2, -0.15) is 0 Å². The number of aliphatic hydroxyl groups is 1. The lowest BCUT2D eigenvalue weighted by molar-refractivity contribution is -0.137. The molecule has 0 aliphatic rings. The molecule has 0 fully saturated rings. The lowest BCUT2D eigenvalue weighted by Gasteiger charge is -2.27. The fourth-order valence-corrected chi connectivity index (χ4v) is 1.49. The van der Waals surface area contributed by atoms with Crippen LogP contribution in [0.15, 0.2) is 18.2 Å². The quantitative estimate of drug-likeness (QED) is 0.738. The summed E-state index contributed by atoms with van der Waals surface area (Å²) in [7, 11) is 0. The highest BCUT2D eigenvalue weighted by Crippen LogP contribution is 2.16. The number of carbonyl (C=O) groups is 2. The van der Waals surface area contributed by atoms with Gasteiger partial charge < -0.3 is 15.7 Å². The third-order valence-electron chi connectivity index (χ3n) is 3.49. The smallest absolute Gasteiger partial charge is 0.313 e. The maximum Gasteiger partial charge on any atom is 0.313 e. The van der Waals surface area contributed by atoms with E-state index in [1.807, 2.05) is 13.8 Å². The van der Waals surface area contributed by atoms with Crippen LogP contribution in [0.4, 0.5) is 10.1 Å². The van der Waals surface area contributed by atoms with Gasteiger partial charge in [0, 0.05) is 12.2 Å². The molecular weight excluding hydrogens is 275 g/mol. The van der Waals surface area contributed by atoms with Crippen LogP contribution in [0.1, 0.15) is 26.3 Å². The number of nitrogens with one attached hydrogen (secondary N) is 2. The van der Waals surface area contributed by atoms with Gasteiger partial charge in [0.2, 0.25) is 0 Å². The van der Waals surface area contributed by atoms with Crippen molar-refractivity contribution in [2.75, 3.05) is 11.9 Å². The summed E-state index contributed by atoms with van der Waals surface area (Å²) in [4.78, 5) is 23.4. The van der Waals surface area contributed by atoms with E-state index in [1.165, 1.54) is 18.2 Å². The molecule has 0 heterocycles. The molecule has 1 unspecified atom stereocenters. The van der Waals surface area contributed by atoms with E-state index in [2.05, 4.69) is 10.6 Å². The molecule has 0 aromatic heterocycles. The number of anilines is 1. The highest BCUT2D eigenvalue weighted by molar-refractivity contribution is 6.39. The molecule has 1 aromatic rings. The minimum Gasteiger partial charge on any atom is -0.388 e. The number of halogens is 1. The van der Waals surface area contributed by atoms with Crippen molar-refractivity contribution < 1.29 is 19.1 Å². The molecule has 1 atom stereocenters. The average Bonchev–Trinajstić information content (AvgIpc) is 2.39. The van der Waals surface area contributed by atoms with Gasteiger partial charge in [0.25, 0.3) is 0 Å². The Morgan fingerprint density at radius 2 is 1.95 bits per heavy atom. The van der Waals surface area contributed by atoms with Gasteiger partial charge in [-0.3, -0.25) is 9.59 Å². The first-order valence-corrected chi connectivity index (χ1v) is 6.71. The van der Waals surface area contributed by atoms with Gasteiger partial charge >= 0.3 is 11.8 Å². The van der Waals surface area contributed by atoms with Gasteiger partial charge in [0.15, 0.2) is 0 Å². The number of rotatable bonds is 4. The molecule has 1 aromatic carbocycles. The van der Waals surface area contributed by atoms with Crippen molar-refractivity contribution in [2.45, 2.75) is 33.3 Å². The molecule has 0 radical (unpaired) electrons. The summed E-state index contributed by atoms with van der Waals surface area (Å²) in [5.41, 5.74) is -0.209. The van der Waals surface area contributed by atoms with Gasteiger partial charge in [-0.05, 0) is 43.5 Å². The summed E-state index contributed by atoms with van der Waals surface area (Å²) in [6, 6.07) is 3.85. The Hall–Kier alpha value is -1.95. The van der Waals surface area contributed by atoms with E-state index >= 15 is 0 Å². The number of hydrogen-bond donors (Lipinski definition) is 3. The molecule has 0 saturated heterocycles. The molecule has 0 saturated carbocycles. The van der Waals surface area contributed by atoms with E-state index in [1.54, 1.807) is 13.8 Å². The number of carbonyl (C=O) groups excluding carboxylic acids is 2. The van der Waals surface area contributed by atoms with Crippen molar-refractivity contribution in [3.05, 3.63) is 29.6 Å². The van der Waals surface area contributed by atoms with Crippen molar-refractivity contribution in [1.82, 2.24) is 5.32 Å². The molecule has 116 valence electrons. The molecule has 2 amide bonds. The summed E-state index contributed by atoms with van der Waals surface area (Å²) in [5.74, 6) is -2.19. The Morgan fingerprint density at radius 3 is 2.48 bits per heavy atom. The summed E-state index contributed by atoms with van der Waals surface area (Å²) in [5, 5.41) is 14.8. The first-order chi connectivity index (χ1) is 9.63. The van der Waals surface area contributed by atoms with E-state index in [0.29, 0.717) is 11.3 Å². The van der Waals surface area contributed by atoms with Crippen LogP contribution in [0.25, 0.3) is 0 Å². The number of hydrogen-bond acceptors (Lipinski definition) is 3. The van der Waals surface area contributed by atoms with E-state index in [0.717, 1.165) is 0 Å². The maximum atomic E-state index is 13.0. The summed E-state index contributed by atoms with van der Waals surface area (Å²) >= 11 is 0. The fourth-order valence-electron chi connectivity index (χ4n) is 1.49. The van der Waals surface area contributed by atoms with Crippen molar-refractivity contribution in [1.29, 1.82) is 0 Å². The second-order valence-electron chi connectivity index (χ2n) is 5.61. The second-order valence-corrected chi connectivity index (χ2v) is 5.61. The van der Waals surface area contributed by atoms with Crippen LogP contribution in [0.3, 0.4) is 0 Å². The predicted molar refractivity (Wildman–Crippen MR) is 78.2 cm³/mol. The SMILES string of the molecule is Cc1cc(F)ccc1NC(=O)C(=O)NCC(C)(O)C(C)C. The number of aryl methyl sites for hydroxylation is 1. The lowest BCUT2D eigenvalue weighted by atomic mass is 9.92. The van der Waals surface area contributed by atoms with Crippen LogP contribution in [0.5, 0.6) is 0 Å². The first kappa shape index (κ1) is 17.1. The Bertz CT molecular complexity index is 542. The monoisotopic (exact) mass is 296 g/mol. The topological polar surface area (TPSA) is 78.4 Å². The first-order valence-electron chi connectivity index (χ1n) is 6.71. The van der Waals surface area contributed by atoms with Gasteiger partial charge in [0.1, 0.15) is 5.82 Å². The highest BCUT2D eigenvalue weighted by Gasteiger charge is 2.26. The molecular formula is C15H21FN2O3. The zero-order valence-corrected chi connectivity index (χ0v) is 12.7. The Morgan fingerprint density at radius 1 is 1.33 bits per heavy atom. The minimum absolute atomic E-state index is 0.0285. The summed E-state index contributed by atoms with van der Waals surface area (Å²) in [6.45, 7) is 6.81. The van der Waals surface area contributed by atoms with E-state index < -0.39 is 23.2 Å². The Kier molecular flexibility index (Phi) is 5.43. The molecule has 0 aliphatic carbocycles. The molecule has 0 spiro atoms. The number of benzene rings is 1. The van der Waals surface area contributed by atoms with E-state index in [-0.39, 0.29) is 12.5 Å². The molecule has 21 heavy (non-hydrogen) atoms. The van der Waals surface area contributed by atoms with Gasteiger partial charge in [-0.1, -0.05) is 13.8 Å². The normalized spacial score (nSPS) is 13.7. The van der Waals surface area contributed by atoms with E-state index in [9.17, 15) is 19.1 Å². The fraction of sp³-hybridized carbons (Fsp3) is 0.467. The van der Waals surface area contributed by atoms with Crippen LogP contribution in [-0.4, -0.2) is 29.1 Å². The zero-order chi connectivity index (χ0) is 16.2. The van der Waals surface area contributed by atoms with Crippen LogP contribution < -0.4 is 10.6 Å². The molecule has 5 nitrogen and oxygen atoms in total. The minimum atomic E-state index is -1.10. The van der Waals surface area contributed by atoms with Crippen LogP contribution in [0, 0.1) is 18.7 Å². The molecule has 0 aliphatic heterocycles. The third kappa shape index (κ3) is 4.82. The van der Waals surface area contributed by atoms with Crippen LogP contribution in [-0.2, 0) is 9.59 Å². The Labute approximate surface area is 123 Å². The van der Waals surface area contributed by atoms with Crippen molar-refractivity contribution >= 4 is 17.5 Å². The zero-order valence-electron chi connectivity index (χ0n) is 12.7. The van der Waals surface area contributed by atoms with E-state index in [4.69, 9.17) is 0 Å². The molecule has 6 heteroatoms. The highest BCUT2D eigenvalue weighted by atomic mass is 19.1. The molecule has 1 rings (SSSR count).